The van der Waals surface area contributed by atoms with Gasteiger partial charge in [-0.3, -0.25) is 0 Å². The van der Waals surface area contributed by atoms with Gasteiger partial charge in [-0.25, -0.2) is 0 Å². The second kappa shape index (κ2) is 5.54. The van der Waals surface area contributed by atoms with Crippen LogP contribution in [-0.4, -0.2) is 7.05 Å². The largest absolute Gasteiger partial charge is 0.348 e. The standard InChI is InChI=1S/C22H33N/c1-11-14(2)16(4)21(6,7)18-13-20-19(12-15(18)3)22(8,9)17(5)23(20)10/h12-14H,4-5,11H2,1-3,6-10H3. The molecular formula is C22H33N. The van der Waals surface area contributed by atoms with Gasteiger partial charge in [0.25, 0.3) is 0 Å². The molecule has 0 amide bonds. The van der Waals surface area contributed by atoms with Gasteiger partial charge in [0.1, 0.15) is 0 Å². The Bertz CT molecular complexity index is 661. The molecule has 0 fully saturated rings. The first-order chi connectivity index (χ1) is 10.5. The number of hydrogen-bond donors (Lipinski definition) is 0. The van der Waals surface area contributed by atoms with Crippen LogP contribution in [0.2, 0.25) is 0 Å². The van der Waals surface area contributed by atoms with Crippen molar-refractivity contribution in [3.05, 3.63) is 53.3 Å². The highest BCUT2D eigenvalue weighted by atomic mass is 15.1. The highest BCUT2D eigenvalue weighted by Crippen LogP contribution is 2.49. The van der Waals surface area contributed by atoms with E-state index in [0.717, 1.165) is 6.42 Å². The van der Waals surface area contributed by atoms with Crippen molar-refractivity contribution in [2.75, 3.05) is 11.9 Å². The van der Waals surface area contributed by atoms with E-state index in [1.54, 1.807) is 0 Å². The Balaban J connectivity index is 2.61. The molecule has 0 saturated carbocycles. The summed E-state index contributed by atoms with van der Waals surface area (Å²) in [4.78, 5) is 2.25. The average Bonchev–Trinajstić information content (AvgIpc) is 2.65. The Hall–Kier alpha value is -1.50. The molecule has 0 N–H and O–H groups in total. The van der Waals surface area contributed by atoms with E-state index in [4.69, 9.17) is 0 Å². The third-order valence-electron chi connectivity index (χ3n) is 6.19. The zero-order valence-electron chi connectivity index (χ0n) is 16.3. The second-order valence-corrected chi connectivity index (χ2v) is 8.27. The second-order valence-electron chi connectivity index (χ2n) is 8.27. The molecule has 0 radical (unpaired) electrons. The third-order valence-corrected chi connectivity index (χ3v) is 6.19. The van der Waals surface area contributed by atoms with E-state index in [1.807, 2.05) is 0 Å². The maximum absolute atomic E-state index is 4.44. The molecule has 0 spiro atoms. The van der Waals surface area contributed by atoms with E-state index < -0.39 is 0 Å². The van der Waals surface area contributed by atoms with E-state index in [9.17, 15) is 0 Å². The smallest absolute Gasteiger partial charge is 0.0451 e. The lowest BCUT2D eigenvalue weighted by Gasteiger charge is -2.34. The molecule has 1 heteroatoms. The van der Waals surface area contributed by atoms with Crippen molar-refractivity contribution in [3.8, 4) is 0 Å². The van der Waals surface area contributed by atoms with Crippen LogP contribution < -0.4 is 4.90 Å². The number of likely N-dealkylation sites (N-methyl/N-ethyl adjacent to an activating group) is 1. The predicted molar refractivity (Wildman–Crippen MR) is 103 cm³/mol. The van der Waals surface area contributed by atoms with Crippen LogP contribution in [0.1, 0.15) is 64.7 Å². The van der Waals surface area contributed by atoms with E-state index in [1.165, 1.54) is 33.6 Å². The van der Waals surface area contributed by atoms with Gasteiger partial charge in [0.2, 0.25) is 0 Å². The summed E-state index contributed by atoms with van der Waals surface area (Å²) in [5, 5.41) is 0. The summed E-state index contributed by atoms with van der Waals surface area (Å²) in [6.07, 6.45) is 1.13. The minimum atomic E-state index is -0.0244. The maximum Gasteiger partial charge on any atom is 0.0451 e. The van der Waals surface area contributed by atoms with E-state index in [-0.39, 0.29) is 10.8 Å². The Labute approximate surface area is 143 Å². The zero-order chi connectivity index (χ0) is 17.7. The number of anilines is 1. The predicted octanol–water partition coefficient (Wildman–Crippen LogP) is 6.12. The van der Waals surface area contributed by atoms with Crippen molar-refractivity contribution in [1.82, 2.24) is 0 Å². The molecule has 126 valence electrons. The van der Waals surface area contributed by atoms with Gasteiger partial charge in [-0.1, -0.05) is 66.3 Å². The molecule has 1 aliphatic heterocycles. The minimum absolute atomic E-state index is 0.00519. The van der Waals surface area contributed by atoms with Gasteiger partial charge in [0.05, 0.1) is 0 Å². The van der Waals surface area contributed by atoms with Gasteiger partial charge in [-0.15, -0.1) is 0 Å². The fourth-order valence-electron chi connectivity index (χ4n) is 3.90. The number of allylic oxidation sites excluding steroid dienone is 2. The fraction of sp³-hybridized carbons (Fsp3) is 0.545. The molecule has 1 atom stereocenters. The quantitative estimate of drug-likeness (QED) is 0.606. The van der Waals surface area contributed by atoms with Crippen molar-refractivity contribution in [3.63, 3.8) is 0 Å². The molecule has 0 bridgehead atoms. The first kappa shape index (κ1) is 17.8. The summed E-state index contributed by atoms with van der Waals surface area (Å²) in [5.74, 6) is 0.529. The lowest BCUT2D eigenvalue weighted by atomic mass is 9.71. The monoisotopic (exact) mass is 311 g/mol. The number of rotatable bonds is 4. The Kier molecular flexibility index (Phi) is 4.30. The summed E-state index contributed by atoms with van der Waals surface area (Å²) >= 11 is 0. The normalized spacial score (nSPS) is 18.1. The molecule has 1 aromatic carbocycles. The van der Waals surface area contributed by atoms with Gasteiger partial charge in [0.15, 0.2) is 0 Å². The Morgan fingerprint density at radius 1 is 1.30 bits per heavy atom. The maximum atomic E-state index is 4.44. The Morgan fingerprint density at radius 2 is 1.87 bits per heavy atom. The summed E-state index contributed by atoms with van der Waals surface area (Å²) in [6.45, 7) is 24.7. The van der Waals surface area contributed by atoms with Crippen LogP contribution in [0.25, 0.3) is 0 Å². The zero-order valence-corrected chi connectivity index (χ0v) is 16.3. The summed E-state index contributed by atoms with van der Waals surface area (Å²) in [6, 6.07) is 4.74. The van der Waals surface area contributed by atoms with Gasteiger partial charge < -0.3 is 4.90 Å². The highest BCUT2D eigenvalue weighted by molar-refractivity contribution is 5.72. The van der Waals surface area contributed by atoms with Crippen molar-refractivity contribution >= 4 is 5.69 Å². The minimum Gasteiger partial charge on any atom is -0.348 e. The van der Waals surface area contributed by atoms with Crippen LogP contribution in [0.4, 0.5) is 5.69 Å². The molecule has 1 aromatic rings. The van der Waals surface area contributed by atoms with Crippen LogP contribution in [0.3, 0.4) is 0 Å². The van der Waals surface area contributed by atoms with Crippen molar-refractivity contribution < 1.29 is 0 Å². The lowest BCUT2D eigenvalue weighted by molar-refractivity contribution is 0.508. The van der Waals surface area contributed by atoms with Gasteiger partial charge in [-0.2, -0.15) is 0 Å². The third kappa shape index (κ3) is 2.55. The topological polar surface area (TPSA) is 3.24 Å². The summed E-state index contributed by atoms with van der Waals surface area (Å²) < 4.78 is 0. The van der Waals surface area contributed by atoms with Gasteiger partial charge in [-0.05, 0) is 42.0 Å². The average molecular weight is 312 g/mol. The van der Waals surface area contributed by atoms with Gasteiger partial charge >= 0.3 is 0 Å². The number of hydrogen-bond acceptors (Lipinski definition) is 1. The molecule has 1 aliphatic rings. The molecule has 0 aromatic heterocycles. The van der Waals surface area contributed by atoms with E-state index >= 15 is 0 Å². The number of benzene rings is 1. The van der Waals surface area contributed by atoms with E-state index in [2.05, 4.69) is 85.7 Å². The molecule has 1 unspecified atom stereocenters. The molecule has 23 heavy (non-hydrogen) atoms. The van der Waals surface area contributed by atoms with Crippen LogP contribution in [0.5, 0.6) is 0 Å². The fourth-order valence-corrected chi connectivity index (χ4v) is 3.90. The van der Waals surface area contributed by atoms with Crippen molar-refractivity contribution in [1.29, 1.82) is 0 Å². The Morgan fingerprint density at radius 3 is 2.39 bits per heavy atom. The molecule has 0 saturated heterocycles. The number of aryl methyl sites for hydroxylation is 1. The molecule has 1 heterocycles. The van der Waals surface area contributed by atoms with Gasteiger partial charge in [0, 0.05) is 29.3 Å². The van der Waals surface area contributed by atoms with Crippen molar-refractivity contribution in [2.45, 2.75) is 65.7 Å². The highest BCUT2D eigenvalue weighted by Gasteiger charge is 2.39. The summed E-state index contributed by atoms with van der Waals surface area (Å²) in [5.41, 5.74) is 7.90. The van der Waals surface area contributed by atoms with Crippen LogP contribution >= 0.6 is 0 Å². The summed E-state index contributed by atoms with van der Waals surface area (Å²) in [7, 11) is 2.13. The lowest BCUT2D eigenvalue weighted by Crippen LogP contribution is -2.25. The number of nitrogens with zero attached hydrogens (tertiary/aromatic N) is 1. The molecule has 0 aliphatic carbocycles. The first-order valence-corrected chi connectivity index (χ1v) is 8.74. The van der Waals surface area contributed by atoms with Crippen molar-refractivity contribution in [2.24, 2.45) is 5.92 Å². The number of fused-ring (bicyclic) bond motifs is 1. The molecular weight excluding hydrogens is 278 g/mol. The SMILES string of the molecule is C=C(C(C)CC)C(C)(C)c1cc2c(cc1C)C(C)(C)C(=C)N2C. The molecule has 2 rings (SSSR count). The van der Waals surface area contributed by atoms with Crippen LogP contribution in [0.15, 0.2) is 36.6 Å². The van der Waals surface area contributed by atoms with Crippen LogP contribution in [-0.2, 0) is 10.8 Å². The van der Waals surface area contributed by atoms with Crippen LogP contribution in [0, 0.1) is 12.8 Å². The van der Waals surface area contributed by atoms with E-state index in [0.29, 0.717) is 5.92 Å². The molecule has 1 nitrogen and oxygen atoms in total. The first-order valence-electron chi connectivity index (χ1n) is 8.74.